The van der Waals surface area contributed by atoms with Crippen molar-refractivity contribution < 1.29 is 19.5 Å². The Labute approximate surface area is 133 Å². The Morgan fingerprint density at radius 1 is 1.00 bits per heavy atom. The Morgan fingerprint density at radius 3 is 2.05 bits per heavy atom. The molecule has 0 saturated carbocycles. The minimum atomic E-state index is -1.05. The number of aromatic carboxylic acids is 1. The van der Waals surface area contributed by atoms with Crippen molar-refractivity contribution in [2.24, 2.45) is 0 Å². The van der Waals surface area contributed by atoms with E-state index in [4.69, 9.17) is 5.11 Å². The van der Waals surface area contributed by atoms with Gasteiger partial charge in [-0.1, -0.05) is 12.1 Å². The summed E-state index contributed by atoms with van der Waals surface area (Å²) in [6.07, 6.45) is 0. The summed E-state index contributed by atoms with van der Waals surface area (Å²) in [5.41, 5.74) is 1.23. The fourth-order valence-corrected chi connectivity index (χ4v) is 2.99. The molecule has 0 unspecified atom stereocenters. The fourth-order valence-electron chi connectivity index (χ4n) is 2.23. The molecule has 0 saturated heterocycles. The van der Waals surface area contributed by atoms with Crippen LogP contribution in [-0.2, 0) is 0 Å². The number of carboxylic acids is 1. The second-order valence-electron chi connectivity index (χ2n) is 4.46. The molecule has 0 radical (unpaired) electrons. The van der Waals surface area contributed by atoms with Crippen LogP contribution >= 0.6 is 22.6 Å². The molecule has 21 heavy (non-hydrogen) atoms. The fraction of sp³-hybridized carbons (Fsp3) is 0. The van der Waals surface area contributed by atoms with Gasteiger partial charge in [-0.2, -0.15) is 0 Å². The third kappa shape index (κ3) is 2.11. The highest BCUT2D eigenvalue weighted by Gasteiger charge is 2.37. The second-order valence-corrected chi connectivity index (χ2v) is 5.62. The summed E-state index contributed by atoms with van der Waals surface area (Å²) in [5, 5.41) is 8.96. The first-order valence-corrected chi connectivity index (χ1v) is 7.09. The number of carboxylic acid groups (broad SMARTS) is 1. The van der Waals surface area contributed by atoms with Crippen molar-refractivity contribution in [2.75, 3.05) is 4.90 Å². The Bertz CT molecular complexity index is 765. The molecule has 2 aromatic carbocycles. The highest BCUT2D eigenvalue weighted by Crippen LogP contribution is 2.31. The van der Waals surface area contributed by atoms with Crippen molar-refractivity contribution in [1.82, 2.24) is 0 Å². The van der Waals surface area contributed by atoms with Crippen LogP contribution in [0.2, 0.25) is 0 Å². The largest absolute Gasteiger partial charge is 0.478 e. The van der Waals surface area contributed by atoms with Crippen LogP contribution in [0.3, 0.4) is 0 Å². The van der Waals surface area contributed by atoms with E-state index >= 15 is 0 Å². The molecule has 2 amide bonds. The predicted molar refractivity (Wildman–Crippen MR) is 83.7 cm³/mol. The summed E-state index contributed by atoms with van der Waals surface area (Å²) in [6.45, 7) is 0. The molecular weight excluding hydrogens is 385 g/mol. The molecule has 0 spiro atoms. The quantitative estimate of drug-likeness (QED) is 0.629. The lowest BCUT2D eigenvalue weighted by molar-refractivity contribution is 0.0696. The number of amides is 2. The number of nitrogens with zero attached hydrogens (tertiary/aromatic N) is 1. The molecule has 0 aromatic heterocycles. The summed E-state index contributed by atoms with van der Waals surface area (Å²) in [6, 6.07) is 10.9. The molecule has 6 heteroatoms. The van der Waals surface area contributed by atoms with Gasteiger partial charge in [0.15, 0.2) is 0 Å². The Kier molecular flexibility index (Phi) is 3.25. The third-order valence-corrected chi connectivity index (χ3v) is 4.09. The van der Waals surface area contributed by atoms with Crippen LogP contribution in [0.5, 0.6) is 0 Å². The van der Waals surface area contributed by atoms with Crippen molar-refractivity contribution in [3.8, 4) is 0 Å². The van der Waals surface area contributed by atoms with Crippen molar-refractivity contribution in [2.45, 2.75) is 0 Å². The number of halogens is 1. The van der Waals surface area contributed by atoms with Gasteiger partial charge in [0.1, 0.15) is 0 Å². The van der Waals surface area contributed by atoms with Gasteiger partial charge in [-0.3, -0.25) is 9.59 Å². The maximum absolute atomic E-state index is 12.4. The number of carbonyl (C=O) groups is 3. The van der Waals surface area contributed by atoms with E-state index in [1.807, 2.05) is 22.6 Å². The minimum Gasteiger partial charge on any atom is -0.478 e. The first-order valence-electron chi connectivity index (χ1n) is 6.01. The average molecular weight is 393 g/mol. The zero-order valence-electron chi connectivity index (χ0n) is 10.5. The lowest BCUT2D eigenvalue weighted by Gasteiger charge is -2.16. The van der Waals surface area contributed by atoms with E-state index in [0.717, 1.165) is 4.90 Å². The van der Waals surface area contributed by atoms with Gasteiger partial charge in [0.25, 0.3) is 11.8 Å². The van der Waals surface area contributed by atoms with Crippen LogP contribution in [0.1, 0.15) is 31.1 Å². The van der Waals surface area contributed by atoms with Crippen LogP contribution < -0.4 is 4.90 Å². The van der Waals surface area contributed by atoms with Crippen molar-refractivity contribution in [1.29, 1.82) is 0 Å². The molecule has 2 aromatic rings. The highest BCUT2D eigenvalue weighted by molar-refractivity contribution is 14.1. The normalized spacial score (nSPS) is 13.5. The van der Waals surface area contributed by atoms with Gasteiger partial charge in [0, 0.05) is 3.57 Å². The van der Waals surface area contributed by atoms with Gasteiger partial charge < -0.3 is 5.11 Å². The molecule has 0 atom stereocenters. The smallest absolute Gasteiger partial charge is 0.335 e. The van der Waals surface area contributed by atoms with Gasteiger partial charge in [-0.25, -0.2) is 9.69 Å². The Morgan fingerprint density at radius 2 is 1.57 bits per heavy atom. The maximum atomic E-state index is 12.4. The molecule has 0 bridgehead atoms. The molecule has 0 aliphatic carbocycles. The maximum Gasteiger partial charge on any atom is 0.335 e. The number of carbonyl (C=O) groups excluding carboxylic acids is 2. The first kappa shape index (κ1) is 13.7. The van der Waals surface area contributed by atoms with E-state index in [-0.39, 0.29) is 5.56 Å². The second kappa shape index (κ2) is 4.96. The molecule has 1 heterocycles. The zero-order chi connectivity index (χ0) is 15.1. The number of rotatable bonds is 2. The van der Waals surface area contributed by atoms with E-state index in [1.165, 1.54) is 18.2 Å². The van der Waals surface area contributed by atoms with E-state index in [2.05, 4.69) is 0 Å². The van der Waals surface area contributed by atoms with Crippen LogP contribution in [-0.4, -0.2) is 22.9 Å². The van der Waals surface area contributed by atoms with Crippen LogP contribution in [0.15, 0.2) is 42.5 Å². The number of hydrogen-bond acceptors (Lipinski definition) is 3. The predicted octanol–water partition coefficient (Wildman–Crippen LogP) is 2.79. The van der Waals surface area contributed by atoms with Gasteiger partial charge in [0.2, 0.25) is 0 Å². The Hall–Kier alpha value is -2.22. The lowest BCUT2D eigenvalue weighted by atomic mass is 10.1. The summed E-state index contributed by atoms with van der Waals surface area (Å²) in [4.78, 5) is 36.8. The summed E-state index contributed by atoms with van der Waals surface area (Å²) >= 11 is 1.92. The lowest BCUT2D eigenvalue weighted by Crippen LogP contribution is -2.30. The standard InChI is InChI=1S/C15H8INO4/c16-11-7-8(15(20)21)5-6-12(11)17-13(18)9-3-1-2-4-10(9)14(17)19/h1-7H,(H,20,21). The minimum absolute atomic E-state index is 0.111. The number of fused-ring (bicyclic) bond motifs is 1. The van der Waals surface area contributed by atoms with E-state index in [0.29, 0.717) is 20.4 Å². The van der Waals surface area contributed by atoms with E-state index in [9.17, 15) is 14.4 Å². The summed E-state index contributed by atoms with van der Waals surface area (Å²) in [7, 11) is 0. The van der Waals surface area contributed by atoms with E-state index < -0.39 is 17.8 Å². The van der Waals surface area contributed by atoms with Crippen molar-refractivity contribution in [3.63, 3.8) is 0 Å². The van der Waals surface area contributed by atoms with E-state index in [1.54, 1.807) is 24.3 Å². The van der Waals surface area contributed by atoms with Crippen molar-refractivity contribution in [3.05, 3.63) is 62.7 Å². The van der Waals surface area contributed by atoms with Crippen LogP contribution in [0.4, 0.5) is 5.69 Å². The monoisotopic (exact) mass is 393 g/mol. The van der Waals surface area contributed by atoms with Gasteiger partial charge in [-0.15, -0.1) is 0 Å². The Balaban J connectivity index is 2.09. The van der Waals surface area contributed by atoms with Gasteiger partial charge in [-0.05, 0) is 52.9 Å². The number of imide groups is 1. The van der Waals surface area contributed by atoms with Crippen LogP contribution in [0, 0.1) is 3.57 Å². The molecule has 1 aliphatic heterocycles. The summed E-state index contributed by atoms with van der Waals surface area (Å²) in [5.74, 6) is -1.84. The molecule has 104 valence electrons. The topological polar surface area (TPSA) is 74.7 Å². The molecule has 0 fully saturated rings. The molecular formula is C15H8INO4. The molecule has 1 N–H and O–H groups in total. The van der Waals surface area contributed by atoms with Crippen molar-refractivity contribution >= 4 is 46.1 Å². The average Bonchev–Trinajstić information content (AvgIpc) is 2.72. The molecule has 1 aliphatic rings. The SMILES string of the molecule is O=C(O)c1ccc(N2C(=O)c3ccccc3C2=O)c(I)c1. The molecule has 3 rings (SSSR count). The number of anilines is 1. The molecule has 5 nitrogen and oxygen atoms in total. The van der Waals surface area contributed by atoms with Crippen LogP contribution in [0.25, 0.3) is 0 Å². The number of benzene rings is 2. The highest BCUT2D eigenvalue weighted by atomic mass is 127. The van der Waals surface area contributed by atoms with Gasteiger partial charge in [0.05, 0.1) is 22.4 Å². The van der Waals surface area contributed by atoms with Gasteiger partial charge >= 0.3 is 5.97 Å². The number of hydrogen-bond donors (Lipinski definition) is 1. The third-order valence-electron chi connectivity index (χ3n) is 3.23. The zero-order valence-corrected chi connectivity index (χ0v) is 12.7. The first-order chi connectivity index (χ1) is 10.0. The summed E-state index contributed by atoms with van der Waals surface area (Å²) < 4.78 is 0.530.